The fourth-order valence-electron chi connectivity index (χ4n) is 1.16. The second kappa shape index (κ2) is 4.66. The van der Waals surface area contributed by atoms with Crippen molar-refractivity contribution in [2.45, 2.75) is 13.8 Å². The van der Waals surface area contributed by atoms with Gasteiger partial charge < -0.3 is 0 Å². The number of hydrogen-bond acceptors (Lipinski definition) is 0. The van der Waals surface area contributed by atoms with Crippen molar-refractivity contribution < 1.29 is 0 Å². The lowest BCUT2D eigenvalue weighted by atomic mass is 9.96. The molecule has 13 heavy (non-hydrogen) atoms. The molecule has 0 fully saturated rings. The zero-order valence-corrected chi connectivity index (χ0v) is 8.33. The molecule has 1 unspecified atom stereocenters. The van der Waals surface area contributed by atoms with Gasteiger partial charge in [-0.25, -0.2) is 0 Å². The molecule has 1 atom stereocenters. The van der Waals surface area contributed by atoms with E-state index in [1.54, 1.807) is 0 Å². The Hall–Kier alpha value is -1.30. The summed E-state index contributed by atoms with van der Waals surface area (Å²) in [5.41, 5.74) is 2.55. The molecule has 1 rings (SSSR count). The molecule has 0 aromatic rings. The molecule has 0 saturated carbocycles. The maximum atomic E-state index is 3.71. The molecule has 0 heterocycles. The van der Waals surface area contributed by atoms with Crippen LogP contribution in [-0.2, 0) is 0 Å². The van der Waals surface area contributed by atoms with E-state index in [1.807, 2.05) is 6.08 Å². The Kier molecular flexibility index (Phi) is 3.51. The molecule has 0 nitrogen and oxygen atoms in total. The van der Waals surface area contributed by atoms with Crippen molar-refractivity contribution in [2.75, 3.05) is 0 Å². The predicted octanol–water partition coefficient (Wildman–Crippen LogP) is 3.81. The van der Waals surface area contributed by atoms with Crippen molar-refractivity contribution in [3.05, 3.63) is 60.3 Å². The highest BCUT2D eigenvalue weighted by atomic mass is 14.1. The van der Waals surface area contributed by atoms with E-state index < -0.39 is 0 Å². The van der Waals surface area contributed by atoms with Gasteiger partial charge in [0.15, 0.2) is 0 Å². The summed E-state index contributed by atoms with van der Waals surface area (Å²) in [6.45, 7) is 7.96. The van der Waals surface area contributed by atoms with Gasteiger partial charge in [-0.2, -0.15) is 0 Å². The Bertz CT molecular complexity index is 298. The Morgan fingerprint density at radius 1 is 1.46 bits per heavy atom. The molecule has 1 aliphatic rings. The summed E-state index contributed by atoms with van der Waals surface area (Å²) >= 11 is 0. The molecule has 0 aromatic heterocycles. The van der Waals surface area contributed by atoms with Gasteiger partial charge in [0.2, 0.25) is 0 Å². The summed E-state index contributed by atoms with van der Waals surface area (Å²) in [5.74, 6) is 0.527. The van der Waals surface area contributed by atoms with Gasteiger partial charge in [-0.3, -0.25) is 0 Å². The fourth-order valence-corrected chi connectivity index (χ4v) is 1.16. The topological polar surface area (TPSA) is 0 Å². The van der Waals surface area contributed by atoms with Crippen LogP contribution in [0.4, 0.5) is 0 Å². The molecule has 0 amide bonds. The zero-order chi connectivity index (χ0) is 9.68. The molecule has 0 radical (unpaired) electrons. The minimum atomic E-state index is 0.527. The third-order valence-electron chi connectivity index (χ3n) is 2.19. The smallest absolute Gasteiger partial charge is 0.000732 e. The van der Waals surface area contributed by atoms with E-state index in [4.69, 9.17) is 0 Å². The first-order chi connectivity index (χ1) is 6.24. The summed E-state index contributed by atoms with van der Waals surface area (Å²) in [7, 11) is 0. The van der Waals surface area contributed by atoms with Crippen LogP contribution in [0.25, 0.3) is 0 Å². The van der Waals surface area contributed by atoms with Crippen molar-refractivity contribution in [3.8, 4) is 0 Å². The molecule has 0 saturated heterocycles. The van der Waals surface area contributed by atoms with Gasteiger partial charge in [0.1, 0.15) is 0 Å². The van der Waals surface area contributed by atoms with Gasteiger partial charge in [-0.05, 0) is 18.4 Å². The van der Waals surface area contributed by atoms with Crippen LogP contribution < -0.4 is 0 Å². The lowest BCUT2D eigenvalue weighted by molar-refractivity contribution is 0.883. The highest BCUT2D eigenvalue weighted by Crippen LogP contribution is 2.18. The number of allylic oxidation sites excluding steroid dienone is 9. The van der Waals surface area contributed by atoms with Gasteiger partial charge in [0.05, 0.1) is 0 Å². The molecule has 0 aliphatic heterocycles. The van der Waals surface area contributed by atoms with Crippen molar-refractivity contribution >= 4 is 0 Å². The molecule has 0 aromatic carbocycles. The average molecular weight is 172 g/mol. The van der Waals surface area contributed by atoms with Gasteiger partial charge in [0, 0.05) is 0 Å². The molecular formula is C13H16. The van der Waals surface area contributed by atoms with Crippen molar-refractivity contribution in [1.82, 2.24) is 0 Å². The number of hydrogen-bond donors (Lipinski definition) is 0. The quantitative estimate of drug-likeness (QED) is 0.556. The van der Waals surface area contributed by atoms with E-state index in [0.29, 0.717) is 5.92 Å². The van der Waals surface area contributed by atoms with Crippen molar-refractivity contribution in [2.24, 2.45) is 5.92 Å². The normalized spacial score (nSPS) is 25.2. The lowest BCUT2D eigenvalue weighted by Crippen LogP contribution is -1.95. The van der Waals surface area contributed by atoms with Gasteiger partial charge in [0.25, 0.3) is 0 Å². The van der Waals surface area contributed by atoms with Crippen LogP contribution in [0.2, 0.25) is 0 Å². The monoisotopic (exact) mass is 172 g/mol. The third kappa shape index (κ3) is 2.90. The van der Waals surface area contributed by atoms with Crippen LogP contribution in [0.1, 0.15) is 13.8 Å². The van der Waals surface area contributed by atoms with Crippen LogP contribution in [0.3, 0.4) is 0 Å². The van der Waals surface area contributed by atoms with Crippen molar-refractivity contribution in [1.29, 1.82) is 0 Å². The van der Waals surface area contributed by atoms with Gasteiger partial charge in [-0.15, -0.1) is 0 Å². The van der Waals surface area contributed by atoms with E-state index in [-0.39, 0.29) is 0 Å². The first-order valence-electron chi connectivity index (χ1n) is 4.60. The second-order valence-corrected chi connectivity index (χ2v) is 3.31. The van der Waals surface area contributed by atoms with Crippen molar-refractivity contribution in [3.63, 3.8) is 0 Å². The largest absolute Gasteiger partial charge is 0.0988 e. The third-order valence-corrected chi connectivity index (χ3v) is 2.19. The van der Waals surface area contributed by atoms with Crippen LogP contribution in [0.15, 0.2) is 60.3 Å². The summed E-state index contributed by atoms with van der Waals surface area (Å²) in [4.78, 5) is 0. The summed E-state index contributed by atoms with van der Waals surface area (Å²) in [6, 6.07) is 0. The van der Waals surface area contributed by atoms with Gasteiger partial charge in [-0.1, -0.05) is 61.6 Å². The van der Waals surface area contributed by atoms with Gasteiger partial charge >= 0.3 is 0 Å². The van der Waals surface area contributed by atoms with E-state index in [2.05, 4.69) is 56.9 Å². The van der Waals surface area contributed by atoms with Crippen LogP contribution in [0, 0.1) is 5.92 Å². The summed E-state index contributed by atoms with van der Waals surface area (Å²) in [5, 5.41) is 0. The lowest BCUT2D eigenvalue weighted by Gasteiger charge is -2.09. The summed E-state index contributed by atoms with van der Waals surface area (Å²) < 4.78 is 0. The Morgan fingerprint density at radius 2 is 2.23 bits per heavy atom. The first-order valence-corrected chi connectivity index (χ1v) is 4.60. The maximum absolute atomic E-state index is 3.71. The molecule has 68 valence electrons. The Balaban J connectivity index is 2.77. The molecular weight excluding hydrogens is 156 g/mol. The minimum absolute atomic E-state index is 0.527. The van der Waals surface area contributed by atoms with Crippen LogP contribution in [0.5, 0.6) is 0 Å². The first kappa shape index (κ1) is 9.79. The second-order valence-electron chi connectivity index (χ2n) is 3.31. The molecule has 0 heteroatoms. The Labute approximate surface area is 80.7 Å². The molecule has 0 bridgehead atoms. The highest BCUT2D eigenvalue weighted by molar-refractivity contribution is 5.36. The predicted molar refractivity (Wildman–Crippen MR) is 59.5 cm³/mol. The molecule has 1 aliphatic carbocycles. The fraction of sp³-hybridized carbons (Fsp3) is 0.231. The SMILES string of the molecule is C=C/C(C)=C\C=C1\C=CC=CC1C. The Morgan fingerprint density at radius 3 is 2.85 bits per heavy atom. The zero-order valence-electron chi connectivity index (χ0n) is 8.33. The molecule has 0 spiro atoms. The highest BCUT2D eigenvalue weighted by Gasteiger charge is 2.02. The summed E-state index contributed by atoms with van der Waals surface area (Å²) in [6.07, 6.45) is 14.6. The van der Waals surface area contributed by atoms with E-state index in [1.165, 1.54) is 11.1 Å². The molecule has 0 N–H and O–H groups in total. The van der Waals surface area contributed by atoms with Crippen LogP contribution in [-0.4, -0.2) is 0 Å². The van der Waals surface area contributed by atoms with E-state index >= 15 is 0 Å². The standard InChI is InChI=1S/C13H16/c1-4-11(2)9-10-13-8-6-5-7-12(13)3/h4-10,12H,1H2,2-3H3/b11-9-,13-10-. The van der Waals surface area contributed by atoms with E-state index in [0.717, 1.165) is 0 Å². The maximum Gasteiger partial charge on any atom is -0.000732 e. The van der Waals surface area contributed by atoms with Crippen LogP contribution >= 0.6 is 0 Å². The minimum Gasteiger partial charge on any atom is -0.0988 e. The number of rotatable bonds is 2. The average Bonchev–Trinajstić information content (AvgIpc) is 2.16. The van der Waals surface area contributed by atoms with E-state index in [9.17, 15) is 0 Å².